The fourth-order valence-electron chi connectivity index (χ4n) is 1.73. The van der Waals surface area contributed by atoms with Crippen LogP contribution < -0.4 is 5.73 Å². The standard InChI is InChI=1S/C12H10BrFN2O4S/c1-20-12(17)10-5-8(14)6-16(10)21(18,19)11-3-2-7(13)4-9(11)15/h2-6H,15H2,1H3. The molecule has 0 amide bonds. The van der Waals surface area contributed by atoms with Crippen molar-refractivity contribution < 1.29 is 22.3 Å². The molecule has 9 heteroatoms. The van der Waals surface area contributed by atoms with Crippen LogP contribution in [0.4, 0.5) is 10.1 Å². The summed E-state index contributed by atoms with van der Waals surface area (Å²) in [6, 6.07) is 4.90. The van der Waals surface area contributed by atoms with Gasteiger partial charge in [-0.2, -0.15) is 0 Å². The highest BCUT2D eigenvalue weighted by Gasteiger charge is 2.26. The maximum absolute atomic E-state index is 13.4. The number of methoxy groups -OCH3 is 1. The molecule has 0 saturated heterocycles. The number of ether oxygens (including phenoxy) is 1. The van der Waals surface area contributed by atoms with Crippen molar-refractivity contribution in [2.45, 2.75) is 4.90 Å². The van der Waals surface area contributed by atoms with Gasteiger partial charge in [-0.3, -0.25) is 0 Å². The van der Waals surface area contributed by atoms with E-state index >= 15 is 0 Å². The second-order valence-corrected chi connectivity index (χ2v) is 6.72. The molecule has 0 atom stereocenters. The third kappa shape index (κ3) is 2.79. The Labute approximate surface area is 128 Å². The lowest BCUT2D eigenvalue weighted by atomic mass is 10.3. The van der Waals surface area contributed by atoms with E-state index in [0.717, 1.165) is 13.2 Å². The fourth-order valence-corrected chi connectivity index (χ4v) is 3.54. The third-order valence-corrected chi connectivity index (χ3v) is 4.90. The number of nitrogens with zero attached hydrogens (tertiary/aromatic N) is 1. The summed E-state index contributed by atoms with van der Waals surface area (Å²) in [7, 11) is -3.15. The molecule has 0 aliphatic heterocycles. The van der Waals surface area contributed by atoms with E-state index in [4.69, 9.17) is 5.73 Å². The maximum Gasteiger partial charge on any atom is 0.355 e. The fraction of sp³-hybridized carbons (Fsp3) is 0.0833. The van der Waals surface area contributed by atoms with Gasteiger partial charge in [0, 0.05) is 10.5 Å². The SMILES string of the molecule is COC(=O)c1cc(F)cn1S(=O)(=O)c1ccc(Br)cc1N. The van der Waals surface area contributed by atoms with Gasteiger partial charge in [0.15, 0.2) is 0 Å². The van der Waals surface area contributed by atoms with Gasteiger partial charge in [-0.1, -0.05) is 15.9 Å². The van der Waals surface area contributed by atoms with E-state index < -0.39 is 27.5 Å². The first kappa shape index (κ1) is 15.5. The van der Waals surface area contributed by atoms with Crippen LogP contribution in [0.2, 0.25) is 0 Å². The van der Waals surface area contributed by atoms with E-state index in [9.17, 15) is 17.6 Å². The lowest BCUT2D eigenvalue weighted by Gasteiger charge is -2.11. The number of hydrogen-bond acceptors (Lipinski definition) is 5. The average Bonchev–Trinajstić information content (AvgIpc) is 2.80. The second kappa shape index (κ2) is 5.49. The van der Waals surface area contributed by atoms with Crippen molar-refractivity contribution >= 4 is 37.6 Å². The van der Waals surface area contributed by atoms with Crippen LogP contribution in [0.15, 0.2) is 39.8 Å². The number of carbonyl (C=O) groups is 1. The summed E-state index contributed by atoms with van der Waals surface area (Å²) in [6.45, 7) is 0. The number of benzene rings is 1. The molecular weight excluding hydrogens is 367 g/mol. The molecule has 112 valence electrons. The van der Waals surface area contributed by atoms with Gasteiger partial charge < -0.3 is 10.5 Å². The number of rotatable bonds is 3. The maximum atomic E-state index is 13.4. The number of anilines is 1. The normalized spacial score (nSPS) is 11.4. The molecule has 21 heavy (non-hydrogen) atoms. The van der Waals surface area contributed by atoms with Gasteiger partial charge in [-0.15, -0.1) is 0 Å². The van der Waals surface area contributed by atoms with Gasteiger partial charge in [-0.05, 0) is 18.2 Å². The molecule has 2 N–H and O–H groups in total. The first-order valence-corrected chi connectivity index (χ1v) is 7.77. The zero-order chi connectivity index (χ0) is 15.8. The Morgan fingerprint density at radius 2 is 2.05 bits per heavy atom. The predicted octanol–water partition coefficient (Wildman–Crippen LogP) is 2.00. The number of aromatic nitrogens is 1. The van der Waals surface area contributed by atoms with Gasteiger partial charge in [0.1, 0.15) is 16.4 Å². The second-order valence-electron chi connectivity index (χ2n) is 4.02. The van der Waals surface area contributed by atoms with Gasteiger partial charge in [0.05, 0.1) is 19.0 Å². The van der Waals surface area contributed by atoms with Gasteiger partial charge in [0.25, 0.3) is 10.0 Å². The monoisotopic (exact) mass is 376 g/mol. The zero-order valence-corrected chi connectivity index (χ0v) is 13.1. The summed E-state index contributed by atoms with van der Waals surface area (Å²) < 4.78 is 43.9. The summed E-state index contributed by atoms with van der Waals surface area (Å²) in [4.78, 5) is 11.3. The molecule has 2 aromatic rings. The van der Waals surface area contributed by atoms with E-state index in [-0.39, 0.29) is 10.6 Å². The molecule has 6 nitrogen and oxygen atoms in total. The molecule has 0 fully saturated rings. The molecule has 0 radical (unpaired) electrons. The largest absolute Gasteiger partial charge is 0.464 e. The quantitative estimate of drug-likeness (QED) is 0.653. The van der Waals surface area contributed by atoms with E-state index in [1.165, 1.54) is 18.2 Å². The number of hydrogen-bond donors (Lipinski definition) is 1. The molecular formula is C12H10BrFN2O4S. The number of halogens is 2. The minimum absolute atomic E-state index is 0.0331. The molecule has 0 aliphatic carbocycles. The molecule has 2 rings (SSSR count). The van der Waals surface area contributed by atoms with Crippen molar-refractivity contribution in [3.63, 3.8) is 0 Å². The minimum Gasteiger partial charge on any atom is -0.464 e. The highest BCUT2D eigenvalue weighted by molar-refractivity contribution is 9.10. The highest BCUT2D eigenvalue weighted by atomic mass is 79.9. The number of nitrogens with two attached hydrogens (primary N) is 1. The van der Waals surface area contributed by atoms with Crippen LogP contribution >= 0.6 is 15.9 Å². The summed E-state index contributed by atoms with van der Waals surface area (Å²) in [5, 5.41) is 0. The van der Waals surface area contributed by atoms with Crippen LogP contribution in [0, 0.1) is 5.82 Å². The van der Waals surface area contributed by atoms with E-state index in [1.54, 1.807) is 0 Å². The minimum atomic E-state index is -4.22. The van der Waals surface area contributed by atoms with Crippen LogP contribution in [0.25, 0.3) is 0 Å². The van der Waals surface area contributed by atoms with Crippen LogP contribution in [0.5, 0.6) is 0 Å². The van der Waals surface area contributed by atoms with E-state index in [1.807, 2.05) is 0 Å². The Morgan fingerprint density at radius 3 is 2.62 bits per heavy atom. The average molecular weight is 377 g/mol. The molecule has 0 bridgehead atoms. The summed E-state index contributed by atoms with van der Waals surface area (Å²) >= 11 is 3.16. The van der Waals surface area contributed by atoms with Gasteiger partial charge >= 0.3 is 5.97 Å². The topological polar surface area (TPSA) is 91.4 Å². The molecule has 0 saturated carbocycles. The molecule has 0 unspecified atom stereocenters. The molecule has 0 spiro atoms. The Bertz CT molecular complexity index is 817. The van der Waals surface area contributed by atoms with Crippen molar-refractivity contribution in [2.75, 3.05) is 12.8 Å². The molecule has 0 aliphatic rings. The summed E-state index contributed by atoms with van der Waals surface area (Å²) in [5.74, 6) is -1.85. The molecule has 1 aromatic carbocycles. The Morgan fingerprint density at radius 1 is 1.38 bits per heavy atom. The number of esters is 1. The van der Waals surface area contributed by atoms with Crippen LogP contribution in [-0.4, -0.2) is 25.5 Å². The first-order chi connectivity index (χ1) is 9.77. The van der Waals surface area contributed by atoms with Crippen LogP contribution in [0.3, 0.4) is 0 Å². The number of nitrogen functional groups attached to an aromatic ring is 1. The number of carbonyl (C=O) groups excluding carboxylic acids is 1. The third-order valence-electron chi connectivity index (χ3n) is 2.66. The van der Waals surface area contributed by atoms with Gasteiger partial charge in [-0.25, -0.2) is 21.6 Å². The summed E-state index contributed by atoms with van der Waals surface area (Å²) in [5.41, 5.74) is 5.20. The Balaban J connectivity index is 2.67. The lowest BCUT2D eigenvalue weighted by Crippen LogP contribution is -2.19. The van der Waals surface area contributed by atoms with Crippen molar-refractivity contribution in [1.82, 2.24) is 3.97 Å². The summed E-state index contributed by atoms with van der Waals surface area (Å²) in [6.07, 6.45) is 0.684. The Hall–Kier alpha value is -1.87. The van der Waals surface area contributed by atoms with Crippen LogP contribution in [0.1, 0.15) is 10.5 Å². The zero-order valence-electron chi connectivity index (χ0n) is 10.7. The van der Waals surface area contributed by atoms with Crippen molar-refractivity contribution in [2.24, 2.45) is 0 Å². The lowest BCUT2D eigenvalue weighted by molar-refractivity contribution is 0.0592. The highest BCUT2D eigenvalue weighted by Crippen LogP contribution is 2.26. The van der Waals surface area contributed by atoms with Crippen molar-refractivity contribution in [3.05, 3.63) is 46.4 Å². The first-order valence-electron chi connectivity index (χ1n) is 5.54. The molecule has 1 aromatic heterocycles. The van der Waals surface area contributed by atoms with Gasteiger partial charge in [0.2, 0.25) is 0 Å². The van der Waals surface area contributed by atoms with E-state index in [2.05, 4.69) is 20.7 Å². The predicted molar refractivity (Wildman–Crippen MR) is 76.9 cm³/mol. The smallest absolute Gasteiger partial charge is 0.355 e. The van der Waals surface area contributed by atoms with Crippen LogP contribution in [-0.2, 0) is 14.8 Å². The van der Waals surface area contributed by atoms with Crippen molar-refractivity contribution in [3.8, 4) is 0 Å². The molecule has 1 heterocycles. The van der Waals surface area contributed by atoms with E-state index in [0.29, 0.717) is 14.6 Å². The van der Waals surface area contributed by atoms with Crippen molar-refractivity contribution in [1.29, 1.82) is 0 Å². The Kier molecular flexibility index (Phi) is 4.06.